The molecule has 7 nitrogen and oxygen atoms in total. The summed E-state index contributed by atoms with van der Waals surface area (Å²) in [4.78, 5) is 21.0. The minimum absolute atomic E-state index is 0.282. The number of pyridine rings is 2. The Balaban J connectivity index is 1.43. The summed E-state index contributed by atoms with van der Waals surface area (Å²) >= 11 is 0. The molecule has 1 amide bonds. The normalized spacial score (nSPS) is 11.1. The van der Waals surface area contributed by atoms with Gasteiger partial charge >= 0.3 is 0 Å². The number of rotatable bonds is 3. The van der Waals surface area contributed by atoms with Gasteiger partial charge in [0.25, 0.3) is 5.91 Å². The molecule has 0 saturated carbocycles. The Morgan fingerprint density at radius 2 is 1.93 bits per heavy atom. The maximum absolute atomic E-state index is 12.5. The smallest absolute Gasteiger partial charge is 0.276 e. The van der Waals surface area contributed by atoms with Crippen LogP contribution in [-0.4, -0.2) is 25.5 Å². The topological polar surface area (TPSA) is 85.3 Å². The van der Waals surface area contributed by atoms with E-state index in [4.69, 9.17) is 4.42 Å². The summed E-state index contributed by atoms with van der Waals surface area (Å²) < 4.78 is 7.43. The molecule has 0 aliphatic carbocycles. The van der Waals surface area contributed by atoms with E-state index in [0.717, 1.165) is 11.1 Å². The first-order valence-electron chi connectivity index (χ1n) is 8.33. The number of benzene rings is 1. The second-order valence-corrected chi connectivity index (χ2v) is 5.99. The lowest BCUT2D eigenvalue weighted by Crippen LogP contribution is -2.12. The van der Waals surface area contributed by atoms with E-state index in [1.807, 2.05) is 30.3 Å². The molecule has 0 aliphatic rings. The van der Waals surface area contributed by atoms with E-state index < -0.39 is 0 Å². The van der Waals surface area contributed by atoms with Crippen LogP contribution in [0.1, 0.15) is 10.5 Å². The van der Waals surface area contributed by atoms with Gasteiger partial charge in [-0.3, -0.25) is 9.78 Å². The van der Waals surface area contributed by atoms with Gasteiger partial charge in [0.15, 0.2) is 11.3 Å². The molecule has 5 aromatic rings. The zero-order chi connectivity index (χ0) is 18.2. The van der Waals surface area contributed by atoms with Gasteiger partial charge in [-0.1, -0.05) is 6.07 Å². The number of anilines is 1. The largest absolute Gasteiger partial charge is 0.436 e. The van der Waals surface area contributed by atoms with Crippen LogP contribution in [-0.2, 0) is 0 Å². The van der Waals surface area contributed by atoms with Crippen LogP contribution in [0.4, 0.5) is 5.69 Å². The lowest BCUT2D eigenvalue weighted by molar-refractivity contribution is 0.102. The third-order valence-electron chi connectivity index (χ3n) is 4.18. The van der Waals surface area contributed by atoms with Crippen molar-refractivity contribution in [2.45, 2.75) is 0 Å². The monoisotopic (exact) mass is 355 g/mol. The van der Waals surface area contributed by atoms with Crippen LogP contribution in [0.5, 0.6) is 0 Å². The Hall–Kier alpha value is -4.00. The molecule has 0 saturated heterocycles. The predicted molar refractivity (Wildman–Crippen MR) is 100 cm³/mol. The quantitative estimate of drug-likeness (QED) is 0.532. The molecule has 4 aromatic heterocycles. The Labute approximate surface area is 153 Å². The van der Waals surface area contributed by atoms with Crippen molar-refractivity contribution in [3.63, 3.8) is 0 Å². The lowest BCUT2D eigenvalue weighted by atomic mass is 10.2. The summed E-state index contributed by atoms with van der Waals surface area (Å²) in [6.07, 6.45) is 5.17. The lowest BCUT2D eigenvalue weighted by Gasteiger charge is -2.02. The van der Waals surface area contributed by atoms with Crippen LogP contribution in [0.2, 0.25) is 0 Å². The fourth-order valence-electron chi connectivity index (χ4n) is 2.87. The molecule has 0 fully saturated rings. The zero-order valence-electron chi connectivity index (χ0n) is 14.0. The molecule has 1 aromatic carbocycles. The fourth-order valence-corrected chi connectivity index (χ4v) is 2.87. The summed E-state index contributed by atoms with van der Waals surface area (Å²) in [6.45, 7) is 0. The van der Waals surface area contributed by atoms with E-state index in [1.165, 1.54) is 0 Å². The van der Waals surface area contributed by atoms with Gasteiger partial charge in [-0.15, -0.1) is 0 Å². The SMILES string of the molecule is O=C(Nc1ccc2oc(-c3ccncc3)nc2c1)c1cc2ccccn2n1. The van der Waals surface area contributed by atoms with Gasteiger partial charge in [-0.25, -0.2) is 9.50 Å². The van der Waals surface area contributed by atoms with Crippen LogP contribution in [0.3, 0.4) is 0 Å². The van der Waals surface area contributed by atoms with Crippen molar-refractivity contribution in [3.05, 3.63) is 78.9 Å². The molecular weight excluding hydrogens is 342 g/mol. The maximum Gasteiger partial charge on any atom is 0.276 e. The Kier molecular flexibility index (Phi) is 3.43. The standard InChI is InChI=1S/C20H13N5O2/c26-19(17-12-15-3-1-2-10-25(15)24-17)22-14-4-5-18-16(11-14)23-20(27-18)13-6-8-21-9-7-13/h1-12H,(H,22,26). The molecule has 0 unspecified atom stereocenters. The van der Waals surface area contributed by atoms with Crippen LogP contribution < -0.4 is 5.32 Å². The highest BCUT2D eigenvalue weighted by Crippen LogP contribution is 2.26. The van der Waals surface area contributed by atoms with Crippen molar-refractivity contribution in [2.24, 2.45) is 0 Å². The number of nitrogens with zero attached hydrogens (tertiary/aromatic N) is 4. The minimum atomic E-state index is -0.282. The van der Waals surface area contributed by atoms with Gasteiger partial charge in [-0.05, 0) is 48.5 Å². The summed E-state index contributed by atoms with van der Waals surface area (Å²) in [5.74, 6) is 0.229. The number of oxazole rings is 1. The minimum Gasteiger partial charge on any atom is -0.436 e. The number of carbonyl (C=O) groups excluding carboxylic acids is 1. The summed E-state index contributed by atoms with van der Waals surface area (Å²) in [5, 5.41) is 7.13. The molecule has 27 heavy (non-hydrogen) atoms. The summed E-state index contributed by atoms with van der Waals surface area (Å²) in [6, 6.07) is 16.4. The number of carbonyl (C=O) groups is 1. The summed E-state index contributed by atoms with van der Waals surface area (Å²) in [7, 11) is 0. The Morgan fingerprint density at radius 3 is 2.78 bits per heavy atom. The maximum atomic E-state index is 12.5. The molecule has 0 aliphatic heterocycles. The van der Waals surface area contributed by atoms with Crippen LogP contribution in [0.15, 0.2) is 77.6 Å². The van der Waals surface area contributed by atoms with E-state index in [1.54, 1.807) is 47.4 Å². The molecule has 1 N–H and O–H groups in total. The molecule has 5 rings (SSSR count). The van der Waals surface area contributed by atoms with Gasteiger partial charge in [0.05, 0.1) is 5.52 Å². The average molecular weight is 355 g/mol. The Morgan fingerprint density at radius 1 is 1.04 bits per heavy atom. The third kappa shape index (κ3) is 2.81. The second kappa shape index (κ2) is 6.06. The number of hydrogen-bond donors (Lipinski definition) is 1. The first-order valence-corrected chi connectivity index (χ1v) is 8.33. The molecule has 7 heteroatoms. The van der Waals surface area contributed by atoms with Gasteiger partial charge in [-0.2, -0.15) is 5.10 Å². The third-order valence-corrected chi connectivity index (χ3v) is 4.18. The predicted octanol–water partition coefficient (Wildman–Crippen LogP) is 3.79. The van der Waals surface area contributed by atoms with Crippen LogP contribution in [0.25, 0.3) is 28.1 Å². The van der Waals surface area contributed by atoms with Crippen LogP contribution in [0, 0.1) is 0 Å². The average Bonchev–Trinajstić information content (AvgIpc) is 3.32. The molecular formula is C20H13N5O2. The molecule has 0 radical (unpaired) electrons. The van der Waals surface area contributed by atoms with Gasteiger partial charge < -0.3 is 9.73 Å². The van der Waals surface area contributed by atoms with E-state index in [-0.39, 0.29) is 5.91 Å². The van der Waals surface area contributed by atoms with Gasteiger partial charge in [0, 0.05) is 29.8 Å². The van der Waals surface area contributed by atoms with Crippen molar-refractivity contribution in [3.8, 4) is 11.5 Å². The van der Waals surface area contributed by atoms with E-state index in [0.29, 0.717) is 28.4 Å². The van der Waals surface area contributed by atoms with E-state index >= 15 is 0 Å². The number of hydrogen-bond acceptors (Lipinski definition) is 5. The second-order valence-electron chi connectivity index (χ2n) is 5.99. The first kappa shape index (κ1) is 15.3. The van der Waals surface area contributed by atoms with Crippen molar-refractivity contribution in [2.75, 3.05) is 5.32 Å². The molecule has 0 spiro atoms. The van der Waals surface area contributed by atoms with Crippen LogP contribution >= 0.6 is 0 Å². The van der Waals surface area contributed by atoms with Crippen molar-refractivity contribution < 1.29 is 9.21 Å². The van der Waals surface area contributed by atoms with E-state index in [9.17, 15) is 4.79 Å². The number of amides is 1. The molecule has 130 valence electrons. The molecule has 4 heterocycles. The highest BCUT2D eigenvalue weighted by atomic mass is 16.3. The van der Waals surface area contributed by atoms with E-state index in [2.05, 4.69) is 20.4 Å². The highest BCUT2D eigenvalue weighted by Gasteiger charge is 2.13. The van der Waals surface area contributed by atoms with Crippen molar-refractivity contribution >= 4 is 28.2 Å². The molecule has 0 atom stereocenters. The van der Waals surface area contributed by atoms with Crippen molar-refractivity contribution in [1.82, 2.24) is 19.6 Å². The zero-order valence-corrected chi connectivity index (χ0v) is 14.0. The number of nitrogens with one attached hydrogen (secondary N) is 1. The van der Waals surface area contributed by atoms with Crippen molar-refractivity contribution in [1.29, 1.82) is 0 Å². The van der Waals surface area contributed by atoms with Gasteiger partial charge in [0.2, 0.25) is 5.89 Å². The fraction of sp³-hybridized carbons (Fsp3) is 0. The summed E-state index contributed by atoms with van der Waals surface area (Å²) in [5.41, 5.74) is 3.98. The highest BCUT2D eigenvalue weighted by molar-refractivity contribution is 6.04. The number of fused-ring (bicyclic) bond motifs is 2. The Bertz CT molecular complexity index is 1240. The molecule has 0 bridgehead atoms. The van der Waals surface area contributed by atoms with Gasteiger partial charge in [0.1, 0.15) is 5.52 Å². The number of aromatic nitrogens is 4. The first-order chi connectivity index (χ1) is 13.3.